The summed E-state index contributed by atoms with van der Waals surface area (Å²) in [5.74, 6) is 0.333. The van der Waals surface area contributed by atoms with E-state index in [2.05, 4.69) is 41.4 Å². The van der Waals surface area contributed by atoms with Crippen LogP contribution in [0.5, 0.6) is 23.0 Å². The average Bonchev–Trinajstić information content (AvgIpc) is 3.56. The number of likely N-dealkylation sites (tertiary alicyclic amines) is 1. The van der Waals surface area contributed by atoms with E-state index in [9.17, 15) is 4.79 Å². The van der Waals surface area contributed by atoms with Crippen LogP contribution in [0.2, 0.25) is 0 Å². The predicted octanol–water partition coefficient (Wildman–Crippen LogP) is 7.03. The first kappa shape index (κ1) is 30.5. The van der Waals surface area contributed by atoms with Gasteiger partial charge < -0.3 is 24.4 Å². The van der Waals surface area contributed by atoms with Crippen LogP contribution in [0.1, 0.15) is 36.2 Å². The lowest BCUT2D eigenvalue weighted by molar-refractivity contribution is 0.102. The molecule has 3 aromatic carbocycles. The Labute approximate surface area is 268 Å². The summed E-state index contributed by atoms with van der Waals surface area (Å²) in [6, 6.07) is 16.8. The van der Waals surface area contributed by atoms with Gasteiger partial charge in [0, 0.05) is 40.4 Å². The molecule has 232 valence electrons. The number of amides is 1. The van der Waals surface area contributed by atoms with Gasteiger partial charge in [-0.2, -0.15) is 0 Å². The molecule has 6 rings (SSSR count). The maximum atomic E-state index is 15.2. The summed E-state index contributed by atoms with van der Waals surface area (Å²) < 4.78 is 35.2. The number of anilines is 1. The van der Waals surface area contributed by atoms with Crippen LogP contribution in [0, 0.1) is 5.82 Å². The fraction of sp³-hybridized carbons (Fsp3) is 0.273. The Balaban J connectivity index is 1.11. The van der Waals surface area contributed by atoms with Crippen LogP contribution in [-0.4, -0.2) is 64.1 Å². The van der Waals surface area contributed by atoms with Crippen molar-refractivity contribution in [3.05, 3.63) is 89.0 Å². The molecule has 0 saturated carbocycles. The smallest absolute Gasteiger partial charge is 0.277 e. The van der Waals surface area contributed by atoms with Gasteiger partial charge in [0.05, 0.1) is 31.1 Å². The second-order valence-corrected chi connectivity index (χ2v) is 11.6. The molecule has 0 aliphatic carbocycles. The van der Waals surface area contributed by atoms with Gasteiger partial charge in [0.1, 0.15) is 5.75 Å². The van der Waals surface area contributed by atoms with Gasteiger partial charge in [-0.3, -0.25) is 9.78 Å². The van der Waals surface area contributed by atoms with Crippen molar-refractivity contribution in [2.24, 2.45) is 0 Å². The SMILES string of the molecule is COc1cc2c(Oc3ccc(NC(=O)c4cn(-c5ccc(Br)cc5)nn4)cc3F)ccnc2cc1OCCCN1CCCCC1. The van der Waals surface area contributed by atoms with Crippen LogP contribution in [0.25, 0.3) is 16.6 Å². The number of benzene rings is 3. The lowest BCUT2D eigenvalue weighted by atomic mass is 10.1. The topological polar surface area (TPSA) is 104 Å². The number of carbonyl (C=O) groups excluding carboxylic acids is 1. The molecule has 1 aliphatic rings. The van der Waals surface area contributed by atoms with Crippen molar-refractivity contribution in [3.63, 3.8) is 0 Å². The summed E-state index contributed by atoms with van der Waals surface area (Å²) >= 11 is 3.39. The van der Waals surface area contributed by atoms with Crippen LogP contribution >= 0.6 is 15.9 Å². The van der Waals surface area contributed by atoms with Gasteiger partial charge in [0.15, 0.2) is 28.8 Å². The molecule has 0 spiro atoms. The standard InChI is InChI=1S/C33H32BrFN6O4/c1-43-31-19-25-27(20-32(31)44-17-5-16-40-14-3-2-4-15-40)36-13-12-29(25)45-30-11-8-23(18-26(30)35)37-33(42)28-21-41(39-38-28)24-9-6-22(34)7-10-24/h6-13,18-21H,2-5,14-17H2,1H3,(H,37,42). The minimum absolute atomic E-state index is 0.0151. The maximum absolute atomic E-state index is 15.2. The number of piperidine rings is 1. The number of fused-ring (bicyclic) bond motifs is 1. The summed E-state index contributed by atoms with van der Waals surface area (Å²) in [6.45, 7) is 3.88. The Morgan fingerprint density at radius 1 is 0.978 bits per heavy atom. The number of nitrogens with zero attached hydrogens (tertiary/aromatic N) is 5. The van der Waals surface area contributed by atoms with Crippen molar-refractivity contribution in [2.75, 3.05) is 38.7 Å². The first-order valence-corrected chi connectivity index (χ1v) is 15.5. The molecule has 45 heavy (non-hydrogen) atoms. The first-order chi connectivity index (χ1) is 22.0. The van der Waals surface area contributed by atoms with Gasteiger partial charge in [0.2, 0.25) is 0 Å². The Bertz CT molecular complexity index is 1790. The zero-order chi connectivity index (χ0) is 31.2. The van der Waals surface area contributed by atoms with E-state index in [1.54, 1.807) is 31.5 Å². The van der Waals surface area contributed by atoms with E-state index in [4.69, 9.17) is 14.2 Å². The Morgan fingerprint density at radius 3 is 2.58 bits per heavy atom. The number of ether oxygens (including phenoxy) is 3. The third-order valence-electron chi connectivity index (χ3n) is 7.54. The van der Waals surface area contributed by atoms with Gasteiger partial charge in [-0.25, -0.2) is 9.07 Å². The highest BCUT2D eigenvalue weighted by atomic mass is 79.9. The van der Waals surface area contributed by atoms with E-state index in [0.29, 0.717) is 34.8 Å². The number of methoxy groups -OCH3 is 1. The quantitative estimate of drug-likeness (QED) is 0.149. The van der Waals surface area contributed by atoms with Crippen LogP contribution in [0.4, 0.5) is 10.1 Å². The minimum atomic E-state index is -0.656. The van der Waals surface area contributed by atoms with E-state index < -0.39 is 11.7 Å². The number of rotatable bonds is 11. The van der Waals surface area contributed by atoms with Crippen molar-refractivity contribution in [2.45, 2.75) is 25.7 Å². The van der Waals surface area contributed by atoms with Crippen molar-refractivity contribution in [1.82, 2.24) is 24.9 Å². The second kappa shape index (κ2) is 14.0. The molecule has 0 unspecified atom stereocenters. The largest absolute Gasteiger partial charge is 0.493 e. The van der Waals surface area contributed by atoms with Crippen LogP contribution in [-0.2, 0) is 0 Å². The van der Waals surface area contributed by atoms with Gasteiger partial charge >= 0.3 is 0 Å². The monoisotopic (exact) mass is 674 g/mol. The van der Waals surface area contributed by atoms with Crippen molar-refractivity contribution >= 4 is 38.4 Å². The number of nitrogens with one attached hydrogen (secondary N) is 1. The fourth-order valence-electron chi connectivity index (χ4n) is 5.21. The highest BCUT2D eigenvalue weighted by molar-refractivity contribution is 9.10. The van der Waals surface area contributed by atoms with Gasteiger partial charge in [-0.05, 0) is 80.9 Å². The molecule has 2 aromatic heterocycles. The second-order valence-electron chi connectivity index (χ2n) is 10.7. The van der Waals surface area contributed by atoms with E-state index in [0.717, 1.165) is 36.2 Å². The van der Waals surface area contributed by atoms with Crippen molar-refractivity contribution in [3.8, 4) is 28.7 Å². The first-order valence-electron chi connectivity index (χ1n) is 14.8. The summed E-state index contributed by atoms with van der Waals surface area (Å²) in [6.07, 6.45) is 7.86. The molecular formula is C33H32BrFN6O4. The third kappa shape index (κ3) is 7.40. The number of hydrogen-bond donors (Lipinski definition) is 1. The molecule has 1 fully saturated rings. The van der Waals surface area contributed by atoms with Gasteiger partial charge in [-0.1, -0.05) is 27.6 Å². The third-order valence-corrected chi connectivity index (χ3v) is 8.07. The summed E-state index contributed by atoms with van der Waals surface area (Å²) in [4.78, 5) is 19.7. The zero-order valence-electron chi connectivity index (χ0n) is 24.7. The predicted molar refractivity (Wildman–Crippen MR) is 172 cm³/mol. The van der Waals surface area contributed by atoms with Gasteiger partial charge in [0.25, 0.3) is 5.91 Å². The molecule has 1 N–H and O–H groups in total. The normalized spacial score (nSPS) is 13.5. The fourth-order valence-corrected chi connectivity index (χ4v) is 5.47. The van der Waals surface area contributed by atoms with Gasteiger partial charge in [-0.15, -0.1) is 5.10 Å². The molecule has 5 aromatic rings. The van der Waals surface area contributed by atoms with Crippen molar-refractivity contribution < 1.29 is 23.4 Å². The molecule has 1 saturated heterocycles. The summed E-state index contributed by atoms with van der Waals surface area (Å²) in [7, 11) is 1.58. The lowest BCUT2D eigenvalue weighted by Gasteiger charge is -2.26. The highest BCUT2D eigenvalue weighted by Gasteiger charge is 2.17. The number of carbonyl (C=O) groups is 1. The number of aromatic nitrogens is 4. The van der Waals surface area contributed by atoms with E-state index in [1.807, 2.05) is 30.3 Å². The molecule has 0 radical (unpaired) electrons. The number of hydrogen-bond acceptors (Lipinski definition) is 8. The molecule has 0 bridgehead atoms. The average molecular weight is 676 g/mol. The summed E-state index contributed by atoms with van der Waals surface area (Å²) in [5.41, 5.74) is 1.69. The van der Waals surface area contributed by atoms with E-state index in [-0.39, 0.29) is 17.1 Å². The Morgan fingerprint density at radius 2 is 1.80 bits per heavy atom. The number of halogens is 2. The highest BCUT2D eigenvalue weighted by Crippen LogP contribution is 2.38. The van der Waals surface area contributed by atoms with Crippen LogP contribution in [0.15, 0.2) is 77.5 Å². The molecule has 10 nitrogen and oxygen atoms in total. The Kier molecular flexibility index (Phi) is 9.51. The number of pyridine rings is 1. The molecule has 1 aliphatic heterocycles. The molecule has 1 amide bonds. The maximum Gasteiger partial charge on any atom is 0.277 e. The summed E-state index contributed by atoms with van der Waals surface area (Å²) in [5, 5.41) is 11.2. The van der Waals surface area contributed by atoms with Crippen molar-refractivity contribution in [1.29, 1.82) is 0 Å². The Hall–Kier alpha value is -4.55. The molecule has 0 atom stereocenters. The van der Waals surface area contributed by atoms with Crippen LogP contribution in [0.3, 0.4) is 0 Å². The molecule has 12 heteroatoms. The van der Waals surface area contributed by atoms with E-state index in [1.165, 1.54) is 42.3 Å². The van der Waals surface area contributed by atoms with Crippen LogP contribution < -0.4 is 19.5 Å². The lowest BCUT2D eigenvalue weighted by Crippen LogP contribution is -2.31. The molecular weight excluding hydrogens is 643 g/mol. The zero-order valence-corrected chi connectivity index (χ0v) is 26.3. The molecule has 3 heterocycles. The van der Waals surface area contributed by atoms with E-state index >= 15 is 4.39 Å². The minimum Gasteiger partial charge on any atom is -0.493 e.